The first-order chi connectivity index (χ1) is 10.5. The van der Waals surface area contributed by atoms with Gasteiger partial charge in [-0.05, 0) is 30.2 Å². The van der Waals surface area contributed by atoms with Crippen LogP contribution < -0.4 is 5.73 Å². The number of pyridine rings is 1. The van der Waals surface area contributed by atoms with Gasteiger partial charge in [0.2, 0.25) is 0 Å². The van der Waals surface area contributed by atoms with Crippen molar-refractivity contribution in [3.63, 3.8) is 0 Å². The van der Waals surface area contributed by atoms with Gasteiger partial charge in [-0.15, -0.1) is 0 Å². The average molecular weight is 301 g/mol. The standard InChI is InChI=1S/C17H20FN3O/c18-15-5-3-13(4-6-15)10-17(22)7-9-21(12-17)11-14-2-1-8-20-16(14)19/h1-6,8,22H,7,9-12H2,(H2,19,20). The van der Waals surface area contributed by atoms with Gasteiger partial charge in [0, 0.05) is 37.8 Å². The summed E-state index contributed by atoms with van der Waals surface area (Å²) in [6, 6.07) is 10.2. The van der Waals surface area contributed by atoms with E-state index in [2.05, 4.69) is 9.88 Å². The third-order valence-electron chi connectivity index (χ3n) is 4.18. The van der Waals surface area contributed by atoms with Gasteiger partial charge in [-0.1, -0.05) is 18.2 Å². The molecule has 4 nitrogen and oxygen atoms in total. The van der Waals surface area contributed by atoms with Crippen molar-refractivity contribution < 1.29 is 9.50 Å². The molecule has 1 aromatic heterocycles. The van der Waals surface area contributed by atoms with Crippen molar-refractivity contribution in [2.75, 3.05) is 18.8 Å². The van der Waals surface area contributed by atoms with Gasteiger partial charge in [-0.25, -0.2) is 9.37 Å². The number of nitrogen functional groups attached to an aromatic ring is 1. The monoisotopic (exact) mass is 301 g/mol. The van der Waals surface area contributed by atoms with Crippen LogP contribution in [0.1, 0.15) is 17.5 Å². The summed E-state index contributed by atoms with van der Waals surface area (Å²) in [6.45, 7) is 2.08. The van der Waals surface area contributed by atoms with Crippen LogP contribution in [0.15, 0.2) is 42.6 Å². The third kappa shape index (κ3) is 3.43. The Hall–Kier alpha value is -1.98. The first kappa shape index (κ1) is 14.9. The molecule has 3 rings (SSSR count). The van der Waals surface area contributed by atoms with Crippen molar-refractivity contribution in [3.05, 3.63) is 59.5 Å². The van der Waals surface area contributed by atoms with Crippen molar-refractivity contribution in [2.24, 2.45) is 0 Å². The van der Waals surface area contributed by atoms with E-state index >= 15 is 0 Å². The summed E-state index contributed by atoms with van der Waals surface area (Å²) in [5.74, 6) is 0.285. The Bertz CT molecular complexity index is 647. The Morgan fingerprint density at radius 1 is 1.27 bits per heavy atom. The maximum absolute atomic E-state index is 12.9. The first-order valence-electron chi connectivity index (χ1n) is 7.43. The Kier molecular flexibility index (Phi) is 4.09. The average Bonchev–Trinajstić information content (AvgIpc) is 2.85. The summed E-state index contributed by atoms with van der Waals surface area (Å²) in [7, 11) is 0. The molecule has 0 aliphatic carbocycles. The molecule has 0 amide bonds. The van der Waals surface area contributed by atoms with Crippen molar-refractivity contribution in [2.45, 2.75) is 25.0 Å². The van der Waals surface area contributed by atoms with Crippen LogP contribution in [0.25, 0.3) is 0 Å². The predicted molar refractivity (Wildman–Crippen MR) is 83.6 cm³/mol. The molecule has 1 aliphatic heterocycles. The van der Waals surface area contributed by atoms with E-state index in [-0.39, 0.29) is 5.82 Å². The van der Waals surface area contributed by atoms with Crippen molar-refractivity contribution >= 4 is 5.82 Å². The zero-order valence-corrected chi connectivity index (χ0v) is 12.4. The van der Waals surface area contributed by atoms with E-state index in [0.717, 1.165) is 17.7 Å². The number of likely N-dealkylation sites (tertiary alicyclic amines) is 1. The lowest BCUT2D eigenvalue weighted by atomic mass is 9.94. The molecule has 1 aliphatic rings. The molecule has 0 spiro atoms. The first-order valence-corrected chi connectivity index (χ1v) is 7.43. The van der Waals surface area contributed by atoms with Crippen LogP contribution in [0.2, 0.25) is 0 Å². The second-order valence-corrected chi connectivity index (χ2v) is 6.04. The molecule has 3 N–H and O–H groups in total. The van der Waals surface area contributed by atoms with Crippen LogP contribution in [0.4, 0.5) is 10.2 Å². The molecule has 1 fully saturated rings. The Morgan fingerprint density at radius 2 is 2.05 bits per heavy atom. The topological polar surface area (TPSA) is 62.4 Å². The van der Waals surface area contributed by atoms with Crippen LogP contribution >= 0.6 is 0 Å². The second-order valence-electron chi connectivity index (χ2n) is 6.04. The second kappa shape index (κ2) is 6.02. The fourth-order valence-corrected chi connectivity index (χ4v) is 3.03. The number of aromatic nitrogens is 1. The molecule has 0 saturated carbocycles. The highest BCUT2D eigenvalue weighted by Crippen LogP contribution is 2.27. The maximum atomic E-state index is 12.9. The summed E-state index contributed by atoms with van der Waals surface area (Å²) in [4.78, 5) is 6.26. The summed E-state index contributed by atoms with van der Waals surface area (Å²) in [6.07, 6.45) is 2.91. The van der Waals surface area contributed by atoms with Crippen molar-refractivity contribution in [1.82, 2.24) is 9.88 Å². The summed E-state index contributed by atoms with van der Waals surface area (Å²) < 4.78 is 12.9. The Morgan fingerprint density at radius 3 is 2.77 bits per heavy atom. The molecule has 1 saturated heterocycles. The van der Waals surface area contributed by atoms with Crippen LogP contribution in [0.5, 0.6) is 0 Å². The smallest absolute Gasteiger partial charge is 0.127 e. The molecule has 2 heterocycles. The van der Waals surface area contributed by atoms with Gasteiger partial charge in [0.15, 0.2) is 0 Å². The van der Waals surface area contributed by atoms with Crippen molar-refractivity contribution in [3.8, 4) is 0 Å². The van der Waals surface area contributed by atoms with E-state index in [9.17, 15) is 9.50 Å². The minimum absolute atomic E-state index is 0.254. The van der Waals surface area contributed by atoms with E-state index in [1.54, 1.807) is 18.3 Å². The highest BCUT2D eigenvalue weighted by Gasteiger charge is 2.36. The Labute approximate surface area is 129 Å². The van der Waals surface area contributed by atoms with Gasteiger partial charge in [-0.3, -0.25) is 4.90 Å². The van der Waals surface area contributed by atoms with Gasteiger partial charge in [-0.2, -0.15) is 0 Å². The molecular weight excluding hydrogens is 281 g/mol. The molecule has 116 valence electrons. The number of aliphatic hydroxyl groups is 1. The molecule has 1 aromatic carbocycles. The third-order valence-corrected chi connectivity index (χ3v) is 4.18. The van der Waals surface area contributed by atoms with Gasteiger partial charge in [0.1, 0.15) is 11.6 Å². The van der Waals surface area contributed by atoms with Gasteiger partial charge in [0.25, 0.3) is 0 Å². The highest BCUT2D eigenvalue weighted by molar-refractivity contribution is 5.38. The lowest BCUT2D eigenvalue weighted by Gasteiger charge is -2.24. The minimum atomic E-state index is -0.769. The molecule has 2 aromatic rings. The molecule has 1 atom stereocenters. The van der Waals surface area contributed by atoms with E-state index in [1.807, 2.05) is 12.1 Å². The summed E-state index contributed by atoms with van der Waals surface area (Å²) >= 11 is 0. The maximum Gasteiger partial charge on any atom is 0.127 e. The number of hydrogen-bond acceptors (Lipinski definition) is 4. The number of β-amino-alcohol motifs (C(OH)–C–C–N with tert-alkyl or cyclic N) is 1. The number of hydrogen-bond donors (Lipinski definition) is 2. The highest BCUT2D eigenvalue weighted by atomic mass is 19.1. The number of anilines is 1. The van der Waals surface area contributed by atoms with Gasteiger partial charge < -0.3 is 10.8 Å². The number of halogens is 1. The number of benzene rings is 1. The SMILES string of the molecule is Nc1ncccc1CN1CCC(O)(Cc2ccc(F)cc2)C1. The van der Waals surface area contributed by atoms with Crippen molar-refractivity contribution in [1.29, 1.82) is 0 Å². The number of rotatable bonds is 4. The van der Waals surface area contributed by atoms with Gasteiger partial charge >= 0.3 is 0 Å². The Balaban J connectivity index is 1.63. The predicted octanol–water partition coefficient (Wildman–Crippen LogP) is 1.98. The lowest BCUT2D eigenvalue weighted by Crippen LogP contribution is -2.35. The molecule has 0 bridgehead atoms. The van der Waals surface area contributed by atoms with Crippen LogP contribution in [0.3, 0.4) is 0 Å². The van der Waals surface area contributed by atoms with E-state index in [4.69, 9.17) is 5.73 Å². The zero-order chi connectivity index (χ0) is 15.6. The molecule has 1 unspecified atom stereocenters. The van der Waals surface area contributed by atoms with E-state index in [0.29, 0.717) is 31.7 Å². The number of nitrogens with two attached hydrogens (primary N) is 1. The number of nitrogens with zero attached hydrogens (tertiary/aromatic N) is 2. The minimum Gasteiger partial charge on any atom is -0.388 e. The van der Waals surface area contributed by atoms with Crippen LogP contribution in [0, 0.1) is 5.82 Å². The molecule has 22 heavy (non-hydrogen) atoms. The van der Waals surface area contributed by atoms with E-state index in [1.165, 1.54) is 12.1 Å². The summed E-state index contributed by atoms with van der Waals surface area (Å²) in [5, 5.41) is 10.7. The zero-order valence-electron chi connectivity index (χ0n) is 12.4. The summed E-state index contributed by atoms with van der Waals surface area (Å²) in [5.41, 5.74) is 7.03. The lowest BCUT2D eigenvalue weighted by molar-refractivity contribution is 0.0488. The molecule has 5 heteroatoms. The quantitative estimate of drug-likeness (QED) is 0.906. The fourth-order valence-electron chi connectivity index (χ4n) is 3.03. The normalized spacial score (nSPS) is 22.1. The van der Waals surface area contributed by atoms with Gasteiger partial charge in [0.05, 0.1) is 5.60 Å². The molecular formula is C17H20FN3O. The van der Waals surface area contributed by atoms with Crippen LogP contribution in [-0.2, 0) is 13.0 Å². The molecule has 0 radical (unpaired) electrons. The van der Waals surface area contributed by atoms with E-state index < -0.39 is 5.60 Å². The van der Waals surface area contributed by atoms with Crippen LogP contribution in [-0.4, -0.2) is 33.7 Å². The largest absolute Gasteiger partial charge is 0.388 e. The fraction of sp³-hybridized carbons (Fsp3) is 0.353.